The first kappa shape index (κ1) is 14.4. The van der Waals surface area contributed by atoms with Crippen LogP contribution in [-0.4, -0.2) is 39.7 Å². The summed E-state index contributed by atoms with van der Waals surface area (Å²) < 4.78 is 8.27. The highest BCUT2D eigenvalue weighted by molar-refractivity contribution is 7.99. The number of rotatable bonds is 4. The molecule has 1 unspecified atom stereocenters. The van der Waals surface area contributed by atoms with Crippen molar-refractivity contribution in [3.8, 4) is 0 Å². The van der Waals surface area contributed by atoms with Crippen LogP contribution in [0.15, 0.2) is 12.4 Å². The van der Waals surface area contributed by atoms with E-state index in [-0.39, 0.29) is 6.10 Å². The molecule has 112 valence electrons. The number of nitrogens with zero attached hydrogens (tertiary/aromatic N) is 2. The molecule has 1 aromatic heterocycles. The van der Waals surface area contributed by atoms with Gasteiger partial charge in [-0.05, 0) is 38.4 Å². The molecule has 3 rings (SSSR count). The zero-order chi connectivity index (χ0) is 13.8. The van der Waals surface area contributed by atoms with Gasteiger partial charge in [0.25, 0.3) is 0 Å². The van der Waals surface area contributed by atoms with E-state index in [0.717, 1.165) is 25.4 Å². The smallest absolute Gasteiger partial charge is 0.139 e. The molecule has 2 saturated heterocycles. The average molecular weight is 295 g/mol. The van der Waals surface area contributed by atoms with Crippen LogP contribution in [0.1, 0.15) is 44.5 Å². The molecule has 0 saturated carbocycles. The van der Waals surface area contributed by atoms with Gasteiger partial charge in [0.15, 0.2) is 0 Å². The summed E-state index contributed by atoms with van der Waals surface area (Å²) in [5.74, 6) is 3.65. The van der Waals surface area contributed by atoms with Crippen molar-refractivity contribution in [2.24, 2.45) is 0 Å². The highest BCUT2D eigenvalue weighted by Gasteiger charge is 2.32. The molecule has 0 spiro atoms. The standard InChI is InChI=1S/C15H25N3OS/c1-2-18-8-7-16-15(18)14-13(6-3-9-19-14)17-12-5-4-10-20-11-12/h7-8,12-14,17H,2-6,9-11H2,1H3/t12?,13-,14-/m0/s1. The number of hydrogen-bond acceptors (Lipinski definition) is 4. The fourth-order valence-electron chi connectivity index (χ4n) is 3.23. The first-order chi connectivity index (χ1) is 9.88. The molecule has 1 N–H and O–H groups in total. The zero-order valence-electron chi connectivity index (χ0n) is 12.3. The van der Waals surface area contributed by atoms with Gasteiger partial charge in [0, 0.05) is 43.4 Å². The van der Waals surface area contributed by atoms with Crippen molar-refractivity contribution >= 4 is 11.8 Å². The van der Waals surface area contributed by atoms with E-state index in [4.69, 9.17) is 4.74 Å². The highest BCUT2D eigenvalue weighted by atomic mass is 32.2. The fraction of sp³-hybridized carbons (Fsp3) is 0.800. The van der Waals surface area contributed by atoms with E-state index >= 15 is 0 Å². The summed E-state index contributed by atoms with van der Waals surface area (Å²) in [7, 11) is 0. The summed E-state index contributed by atoms with van der Waals surface area (Å²) in [4.78, 5) is 4.55. The summed E-state index contributed by atoms with van der Waals surface area (Å²) in [6.07, 6.45) is 9.06. The maximum atomic E-state index is 6.07. The van der Waals surface area contributed by atoms with Crippen molar-refractivity contribution < 1.29 is 4.74 Å². The zero-order valence-corrected chi connectivity index (χ0v) is 13.1. The number of ether oxygens (including phenoxy) is 1. The van der Waals surface area contributed by atoms with Gasteiger partial charge in [-0.25, -0.2) is 4.98 Å². The Morgan fingerprint density at radius 1 is 1.45 bits per heavy atom. The molecule has 3 heterocycles. The Hall–Kier alpha value is -0.520. The number of aromatic nitrogens is 2. The number of imidazole rings is 1. The minimum Gasteiger partial charge on any atom is -0.369 e. The lowest BCUT2D eigenvalue weighted by molar-refractivity contribution is -0.0204. The molecular formula is C15H25N3OS. The van der Waals surface area contributed by atoms with Crippen molar-refractivity contribution in [2.75, 3.05) is 18.1 Å². The van der Waals surface area contributed by atoms with E-state index in [0.29, 0.717) is 12.1 Å². The SMILES string of the molecule is CCn1ccnc1[C@H]1OCCC[C@@H]1NC1CCCSC1. The Kier molecular flexibility index (Phi) is 5.02. The van der Waals surface area contributed by atoms with Crippen molar-refractivity contribution in [2.45, 2.75) is 57.3 Å². The van der Waals surface area contributed by atoms with Crippen LogP contribution in [0.25, 0.3) is 0 Å². The van der Waals surface area contributed by atoms with Gasteiger partial charge >= 0.3 is 0 Å². The second-order valence-corrected chi connectivity index (χ2v) is 6.84. The van der Waals surface area contributed by atoms with E-state index in [2.05, 4.69) is 39.8 Å². The molecule has 0 radical (unpaired) electrons. The molecule has 1 aromatic rings. The number of aryl methyl sites for hydroxylation is 1. The van der Waals surface area contributed by atoms with Gasteiger partial charge in [0.2, 0.25) is 0 Å². The third-order valence-electron chi connectivity index (χ3n) is 4.28. The van der Waals surface area contributed by atoms with Crippen LogP contribution in [0.2, 0.25) is 0 Å². The molecule has 2 aliphatic heterocycles. The van der Waals surface area contributed by atoms with Gasteiger partial charge in [0.05, 0.1) is 0 Å². The van der Waals surface area contributed by atoms with Crippen LogP contribution in [0.4, 0.5) is 0 Å². The largest absolute Gasteiger partial charge is 0.369 e. The van der Waals surface area contributed by atoms with Crippen LogP contribution in [0.3, 0.4) is 0 Å². The van der Waals surface area contributed by atoms with Crippen LogP contribution in [0.5, 0.6) is 0 Å². The molecule has 4 nitrogen and oxygen atoms in total. The third kappa shape index (κ3) is 3.21. The summed E-state index contributed by atoms with van der Waals surface area (Å²) in [5.41, 5.74) is 0. The lowest BCUT2D eigenvalue weighted by Crippen LogP contribution is -2.47. The number of nitrogens with one attached hydrogen (secondary N) is 1. The Balaban J connectivity index is 1.70. The van der Waals surface area contributed by atoms with E-state index in [1.165, 1.54) is 30.8 Å². The molecule has 5 heteroatoms. The van der Waals surface area contributed by atoms with Gasteiger partial charge in [-0.1, -0.05) is 0 Å². The summed E-state index contributed by atoms with van der Waals surface area (Å²) in [6.45, 7) is 3.98. The highest BCUT2D eigenvalue weighted by Crippen LogP contribution is 2.29. The van der Waals surface area contributed by atoms with Gasteiger partial charge in [-0.2, -0.15) is 11.8 Å². The van der Waals surface area contributed by atoms with Gasteiger partial charge < -0.3 is 14.6 Å². The first-order valence-electron chi connectivity index (χ1n) is 7.85. The topological polar surface area (TPSA) is 39.1 Å². The predicted octanol–water partition coefficient (Wildman–Crippen LogP) is 2.61. The quantitative estimate of drug-likeness (QED) is 0.927. The predicted molar refractivity (Wildman–Crippen MR) is 83.1 cm³/mol. The maximum Gasteiger partial charge on any atom is 0.139 e. The summed E-state index contributed by atoms with van der Waals surface area (Å²) in [6, 6.07) is 1.06. The maximum absolute atomic E-state index is 6.07. The molecule has 0 aliphatic carbocycles. The molecule has 2 aliphatic rings. The normalized spacial score (nSPS) is 31.4. The monoisotopic (exact) mass is 295 g/mol. The molecule has 0 bridgehead atoms. The second kappa shape index (κ2) is 6.96. The minimum absolute atomic E-state index is 0.116. The van der Waals surface area contributed by atoms with Crippen LogP contribution >= 0.6 is 11.8 Å². The number of hydrogen-bond donors (Lipinski definition) is 1. The van der Waals surface area contributed by atoms with Crippen molar-refractivity contribution in [1.82, 2.24) is 14.9 Å². The van der Waals surface area contributed by atoms with Crippen LogP contribution in [0, 0.1) is 0 Å². The van der Waals surface area contributed by atoms with Crippen LogP contribution < -0.4 is 5.32 Å². The minimum atomic E-state index is 0.116. The van der Waals surface area contributed by atoms with E-state index in [9.17, 15) is 0 Å². The summed E-state index contributed by atoms with van der Waals surface area (Å²) in [5, 5.41) is 3.85. The van der Waals surface area contributed by atoms with Crippen molar-refractivity contribution in [1.29, 1.82) is 0 Å². The Bertz CT molecular complexity index is 417. The van der Waals surface area contributed by atoms with Gasteiger partial charge in [0.1, 0.15) is 11.9 Å². The Morgan fingerprint density at radius 2 is 2.40 bits per heavy atom. The van der Waals surface area contributed by atoms with Crippen molar-refractivity contribution in [3.63, 3.8) is 0 Å². The molecule has 20 heavy (non-hydrogen) atoms. The lowest BCUT2D eigenvalue weighted by Gasteiger charge is -2.36. The van der Waals surface area contributed by atoms with Crippen molar-refractivity contribution in [3.05, 3.63) is 18.2 Å². The number of thioether (sulfide) groups is 1. The molecular weight excluding hydrogens is 270 g/mol. The van der Waals surface area contributed by atoms with Crippen LogP contribution in [-0.2, 0) is 11.3 Å². The molecule has 2 fully saturated rings. The Morgan fingerprint density at radius 3 is 3.20 bits per heavy atom. The fourth-order valence-corrected chi connectivity index (χ4v) is 4.31. The van der Waals surface area contributed by atoms with E-state index in [1.807, 2.05) is 6.20 Å². The van der Waals surface area contributed by atoms with Gasteiger partial charge in [-0.3, -0.25) is 0 Å². The van der Waals surface area contributed by atoms with E-state index < -0.39 is 0 Å². The van der Waals surface area contributed by atoms with Gasteiger partial charge in [-0.15, -0.1) is 0 Å². The van der Waals surface area contributed by atoms with E-state index in [1.54, 1.807) is 0 Å². The molecule has 0 aromatic carbocycles. The second-order valence-electron chi connectivity index (χ2n) is 5.69. The lowest BCUT2D eigenvalue weighted by atomic mass is 9.99. The summed E-state index contributed by atoms with van der Waals surface area (Å²) >= 11 is 2.07. The molecule has 0 amide bonds. The Labute approximate surface area is 125 Å². The molecule has 3 atom stereocenters. The first-order valence-corrected chi connectivity index (χ1v) is 9.00. The average Bonchev–Trinajstić information content (AvgIpc) is 2.97. The third-order valence-corrected chi connectivity index (χ3v) is 5.49.